The maximum Gasteiger partial charge on any atom is 0.241 e. The predicted octanol–water partition coefficient (Wildman–Crippen LogP) is 4.41. The minimum Gasteiger partial charge on any atom is -0.457 e. The quantitative estimate of drug-likeness (QED) is 0.654. The maximum atomic E-state index is 12.8. The van der Waals surface area contributed by atoms with Crippen LogP contribution in [0.15, 0.2) is 67.0 Å². The number of carbonyl (C=O) groups excluding carboxylic acids is 1. The molecule has 0 spiro atoms. The van der Waals surface area contributed by atoms with Gasteiger partial charge in [-0.15, -0.1) is 0 Å². The van der Waals surface area contributed by atoms with Gasteiger partial charge in [0, 0.05) is 30.5 Å². The van der Waals surface area contributed by atoms with Gasteiger partial charge >= 0.3 is 0 Å². The third kappa shape index (κ3) is 4.84. The number of imidazole rings is 1. The van der Waals surface area contributed by atoms with Crippen molar-refractivity contribution in [3.05, 3.63) is 72.8 Å². The van der Waals surface area contributed by atoms with E-state index in [4.69, 9.17) is 4.74 Å². The van der Waals surface area contributed by atoms with Crippen LogP contribution in [0.3, 0.4) is 0 Å². The Morgan fingerprint density at radius 2 is 1.93 bits per heavy atom. The minimum atomic E-state index is -0.201. The molecule has 1 aromatic heterocycles. The second kappa shape index (κ2) is 8.92. The smallest absolute Gasteiger partial charge is 0.241 e. The first-order valence-electron chi connectivity index (χ1n) is 10.1. The molecule has 0 bridgehead atoms. The number of rotatable bonds is 6. The molecule has 2 N–H and O–H groups in total. The summed E-state index contributed by atoms with van der Waals surface area (Å²) in [6.45, 7) is 3.73. The normalized spacial score (nSPS) is 18.2. The molecule has 0 radical (unpaired) electrons. The standard InChI is InChI=1S/C23H26N4O2/c1-17(27-15-5-6-18(16-27)22-24-13-14-25-22)23(28)26-19-9-11-21(12-10-19)29-20-7-3-2-4-8-20/h2-4,7-14,17-18H,5-6,15-16H2,1H3,(H,24,25)(H,26,28)/t17-,18+/m1/s1. The van der Waals surface area contributed by atoms with Crippen molar-refractivity contribution in [1.82, 2.24) is 14.9 Å². The fraction of sp³-hybridized carbons (Fsp3) is 0.304. The van der Waals surface area contributed by atoms with Crippen LogP contribution in [0, 0.1) is 0 Å². The van der Waals surface area contributed by atoms with Crippen LogP contribution in [-0.4, -0.2) is 39.9 Å². The fourth-order valence-corrected chi connectivity index (χ4v) is 3.73. The van der Waals surface area contributed by atoms with Crippen LogP contribution in [-0.2, 0) is 4.79 Å². The van der Waals surface area contributed by atoms with Crippen LogP contribution in [0.2, 0.25) is 0 Å². The minimum absolute atomic E-state index is 0.00169. The first-order valence-corrected chi connectivity index (χ1v) is 10.1. The van der Waals surface area contributed by atoms with E-state index < -0.39 is 0 Å². The number of hydrogen-bond acceptors (Lipinski definition) is 4. The highest BCUT2D eigenvalue weighted by molar-refractivity contribution is 5.94. The Balaban J connectivity index is 1.33. The Kier molecular flexibility index (Phi) is 5.91. The number of aromatic amines is 1. The van der Waals surface area contributed by atoms with Crippen molar-refractivity contribution in [3.8, 4) is 11.5 Å². The highest BCUT2D eigenvalue weighted by Crippen LogP contribution is 2.26. The van der Waals surface area contributed by atoms with Gasteiger partial charge in [-0.25, -0.2) is 4.98 Å². The monoisotopic (exact) mass is 390 g/mol. The van der Waals surface area contributed by atoms with Crippen molar-refractivity contribution in [2.24, 2.45) is 0 Å². The molecule has 29 heavy (non-hydrogen) atoms. The van der Waals surface area contributed by atoms with Crippen LogP contribution in [0.4, 0.5) is 5.69 Å². The van der Waals surface area contributed by atoms with E-state index in [1.54, 1.807) is 6.20 Å². The summed E-state index contributed by atoms with van der Waals surface area (Å²) in [5, 5.41) is 3.02. The lowest BCUT2D eigenvalue weighted by molar-refractivity contribution is -0.121. The molecule has 1 amide bonds. The van der Waals surface area contributed by atoms with E-state index >= 15 is 0 Å². The molecule has 6 heteroatoms. The van der Waals surface area contributed by atoms with Gasteiger partial charge in [0.25, 0.3) is 0 Å². The molecule has 0 saturated carbocycles. The van der Waals surface area contributed by atoms with Crippen LogP contribution < -0.4 is 10.1 Å². The molecule has 0 unspecified atom stereocenters. The van der Waals surface area contributed by atoms with E-state index in [0.29, 0.717) is 5.92 Å². The topological polar surface area (TPSA) is 70.2 Å². The number of piperidine rings is 1. The molecular formula is C23H26N4O2. The number of H-pyrrole nitrogens is 1. The second-order valence-corrected chi connectivity index (χ2v) is 7.41. The molecule has 1 aliphatic rings. The molecule has 3 aromatic rings. The number of amides is 1. The molecular weight excluding hydrogens is 364 g/mol. The third-order valence-electron chi connectivity index (χ3n) is 5.39. The van der Waals surface area contributed by atoms with Gasteiger partial charge in [-0.3, -0.25) is 9.69 Å². The van der Waals surface area contributed by atoms with E-state index in [0.717, 1.165) is 48.9 Å². The third-order valence-corrected chi connectivity index (χ3v) is 5.39. The Morgan fingerprint density at radius 3 is 2.66 bits per heavy atom. The highest BCUT2D eigenvalue weighted by atomic mass is 16.5. The molecule has 0 aliphatic carbocycles. The van der Waals surface area contributed by atoms with Crippen molar-refractivity contribution >= 4 is 11.6 Å². The van der Waals surface area contributed by atoms with Gasteiger partial charge in [0.1, 0.15) is 17.3 Å². The SMILES string of the molecule is C[C@H](C(=O)Nc1ccc(Oc2ccccc2)cc1)N1CCC[C@H](c2ncc[nH]2)C1. The van der Waals surface area contributed by atoms with Crippen molar-refractivity contribution in [2.75, 3.05) is 18.4 Å². The Bertz CT molecular complexity index is 910. The number of nitrogens with one attached hydrogen (secondary N) is 2. The first-order chi connectivity index (χ1) is 14.2. The molecule has 2 atom stereocenters. The van der Waals surface area contributed by atoms with Gasteiger partial charge in [0.2, 0.25) is 5.91 Å². The van der Waals surface area contributed by atoms with Gasteiger partial charge in [-0.2, -0.15) is 0 Å². The lowest BCUT2D eigenvalue weighted by atomic mass is 9.96. The summed E-state index contributed by atoms with van der Waals surface area (Å²) in [7, 11) is 0. The van der Waals surface area contributed by atoms with Gasteiger partial charge in [0.15, 0.2) is 0 Å². The molecule has 1 aliphatic heterocycles. The summed E-state index contributed by atoms with van der Waals surface area (Å²) in [5.74, 6) is 2.88. The van der Waals surface area contributed by atoms with Crippen molar-refractivity contribution in [1.29, 1.82) is 0 Å². The van der Waals surface area contributed by atoms with E-state index in [2.05, 4.69) is 20.2 Å². The van der Waals surface area contributed by atoms with Crippen LogP contribution in [0.5, 0.6) is 11.5 Å². The first kappa shape index (κ1) is 19.2. The average Bonchev–Trinajstić information content (AvgIpc) is 3.30. The number of hydrogen-bond donors (Lipinski definition) is 2. The van der Waals surface area contributed by atoms with Crippen LogP contribution >= 0.6 is 0 Å². The number of anilines is 1. The van der Waals surface area contributed by atoms with Gasteiger partial charge < -0.3 is 15.0 Å². The Labute approximate surface area is 170 Å². The molecule has 1 saturated heterocycles. The zero-order chi connectivity index (χ0) is 20.1. The number of likely N-dealkylation sites (tertiary alicyclic amines) is 1. The van der Waals surface area contributed by atoms with Crippen molar-refractivity contribution < 1.29 is 9.53 Å². The molecule has 6 nitrogen and oxygen atoms in total. The number of carbonyl (C=O) groups is 1. The van der Waals surface area contributed by atoms with E-state index in [1.807, 2.05) is 67.7 Å². The molecule has 2 heterocycles. The molecule has 2 aromatic carbocycles. The van der Waals surface area contributed by atoms with Gasteiger partial charge in [0.05, 0.1) is 6.04 Å². The van der Waals surface area contributed by atoms with E-state index in [-0.39, 0.29) is 11.9 Å². The largest absolute Gasteiger partial charge is 0.457 e. The lowest BCUT2D eigenvalue weighted by Gasteiger charge is -2.35. The van der Waals surface area contributed by atoms with Crippen LogP contribution in [0.1, 0.15) is 31.5 Å². The number of ether oxygens (including phenoxy) is 1. The van der Waals surface area contributed by atoms with E-state index in [1.165, 1.54) is 0 Å². The number of para-hydroxylation sites is 1. The average molecular weight is 390 g/mol. The van der Waals surface area contributed by atoms with Crippen LogP contribution in [0.25, 0.3) is 0 Å². The Hall–Kier alpha value is -3.12. The summed E-state index contributed by atoms with van der Waals surface area (Å²) in [6.07, 6.45) is 5.81. The number of aromatic nitrogens is 2. The Morgan fingerprint density at radius 1 is 1.17 bits per heavy atom. The maximum absolute atomic E-state index is 12.8. The molecule has 4 rings (SSSR count). The summed E-state index contributed by atoms with van der Waals surface area (Å²) >= 11 is 0. The summed E-state index contributed by atoms with van der Waals surface area (Å²) in [4.78, 5) is 22.6. The van der Waals surface area contributed by atoms with E-state index in [9.17, 15) is 4.79 Å². The summed E-state index contributed by atoms with van der Waals surface area (Å²) < 4.78 is 5.80. The second-order valence-electron chi connectivity index (χ2n) is 7.41. The summed E-state index contributed by atoms with van der Waals surface area (Å²) in [5.41, 5.74) is 0.766. The van der Waals surface area contributed by atoms with Crippen molar-refractivity contribution in [3.63, 3.8) is 0 Å². The lowest BCUT2D eigenvalue weighted by Crippen LogP contribution is -2.46. The van der Waals surface area contributed by atoms with Crippen molar-refractivity contribution in [2.45, 2.75) is 31.7 Å². The summed E-state index contributed by atoms with van der Waals surface area (Å²) in [6, 6.07) is 16.9. The predicted molar refractivity (Wildman–Crippen MR) is 113 cm³/mol. The zero-order valence-electron chi connectivity index (χ0n) is 16.5. The number of nitrogens with zero attached hydrogens (tertiary/aromatic N) is 2. The fourth-order valence-electron chi connectivity index (χ4n) is 3.73. The zero-order valence-corrected chi connectivity index (χ0v) is 16.5. The van der Waals surface area contributed by atoms with Gasteiger partial charge in [-0.1, -0.05) is 18.2 Å². The molecule has 1 fully saturated rings. The highest BCUT2D eigenvalue weighted by Gasteiger charge is 2.29. The van der Waals surface area contributed by atoms with Gasteiger partial charge in [-0.05, 0) is 62.7 Å². The number of benzene rings is 2. The molecule has 150 valence electrons.